The highest BCUT2D eigenvalue weighted by Crippen LogP contribution is 2.20. The van der Waals surface area contributed by atoms with Crippen LogP contribution in [0.3, 0.4) is 0 Å². The lowest BCUT2D eigenvalue weighted by Crippen LogP contribution is -2.34. The van der Waals surface area contributed by atoms with E-state index in [4.69, 9.17) is 5.73 Å². The minimum absolute atomic E-state index is 0.118. The molecule has 0 saturated heterocycles. The Bertz CT molecular complexity index is 279. The second-order valence-electron chi connectivity index (χ2n) is 2.93. The fourth-order valence-electron chi connectivity index (χ4n) is 1.42. The van der Waals surface area contributed by atoms with Crippen molar-refractivity contribution in [3.05, 3.63) is 42.6 Å². The minimum Gasteiger partial charge on any atom is -0.332 e. The van der Waals surface area contributed by atoms with Crippen LogP contribution in [-0.2, 0) is 0 Å². The van der Waals surface area contributed by atoms with Crippen LogP contribution < -0.4 is 10.6 Å². The molecule has 1 unspecified atom stereocenters. The lowest BCUT2D eigenvalue weighted by Gasteiger charge is -2.21. The van der Waals surface area contributed by atoms with E-state index in [0.717, 1.165) is 6.42 Å². The highest BCUT2D eigenvalue weighted by atomic mass is 15.2. The van der Waals surface area contributed by atoms with Crippen molar-refractivity contribution in [2.75, 3.05) is 4.90 Å². The van der Waals surface area contributed by atoms with Crippen LogP contribution in [0, 0.1) is 0 Å². The first kappa shape index (κ1) is 7.37. The quantitative estimate of drug-likeness (QED) is 0.677. The zero-order valence-corrected chi connectivity index (χ0v) is 6.85. The van der Waals surface area contributed by atoms with Gasteiger partial charge in [-0.25, -0.2) is 0 Å². The van der Waals surface area contributed by atoms with E-state index < -0.39 is 0 Å². The van der Waals surface area contributed by atoms with Crippen molar-refractivity contribution in [3.63, 3.8) is 0 Å². The molecule has 2 N–H and O–H groups in total. The van der Waals surface area contributed by atoms with Crippen LogP contribution in [0.1, 0.15) is 6.42 Å². The second-order valence-corrected chi connectivity index (χ2v) is 2.93. The van der Waals surface area contributed by atoms with Gasteiger partial charge < -0.3 is 10.6 Å². The summed E-state index contributed by atoms with van der Waals surface area (Å²) in [4.78, 5) is 2.08. The van der Waals surface area contributed by atoms with E-state index in [0.29, 0.717) is 0 Å². The number of nitrogens with zero attached hydrogens (tertiary/aromatic N) is 1. The van der Waals surface area contributed by atoms with Gasteiger partial charge in [-0.1, -0.05) is 24.3 Å². The lowest BCUT2D eigenvalue weighted by atomic mass is 10.3. The fraction of sp³-hybridized carbons (Fsp3) is 0.200. The van der Waals surface area contributed by atoms with E-state index in [2.05, 4.69) is 23.1 Å². The third kappa shape index (κ3) is 1.21. The number of benzene rings is 1. The third-order valence-electron chi connectivity index (χ3n) is 2.06. The van der Waals surface area contributed by atoms with Crippen LogP contribution in [0.4, 0.5) is 5.69 Å². The van der Waals surface area contributed by atoms with Gasteiger partial charge in [-0.2, -0.15) is 0 Å². The number of hydrogen-bond acceptors (Lipinski definition) is 2. The van der Waals surface area contributed by atoms with E-state index >= 15 is 0 Å². The first-order chi connectivity index (χ1) is 5.88. The highest BCUT2D eigenvalue weighted by Gasteiger charge is 2.14. The Morgan fingerprint density at radius 3 is 2.58 bits per heavy atom. The Kier molecular flexibility index (Phi) is 1.84. The van der Waals surface area contributed by atoms with Gasteiger partial charge in [0.15, 0.2) is 0 Å². The second kappa shape index (κ2) is 2.99. The van der Waals surface area contributed by atoms with E-state index in [1.807, 2.05) is 24.4 Å². The Hall–Kier alpha value is -1.28. The average Bonchev–Trinajstić information content (AvgIpc) is 2.53. The van der Waals surface area contributed by atoms with E-state index in [1.54, 1.807) is 0 Å². The van der Waals surface area contributed by atoms with E-state index in [1.165, 1.54) is 5.69 Å². The summed E-state index contributed by atoms with van der Waals surface area (Å²) in [5.41, 5.74) is 7.04. The van der Waals surface area contributed by atoms with Gasteiger partial charge in [0.2, 0.25) is 0 Å². The molecule has 62 valence electrons. The monoisotopic (exact) mass is 160 g/mol. The van der Waals surface area contributed by atoms with Gasteiger partial charge in [0.25, 0.3) is 0 Å². The predicted molar refractivity (Wildman–Crippen MR) is 50.7 cm³/mol. The van der Waals surface area contributed by atoms with E-state index in [9.17, 15) is 0 Å². The van der Waals surface area contributed by atoms with Crippen molar-refractivity contribution < 1.29 is 0 Å². The molecule has 0 saturated carbocycles. The maximum atomic E-state index is 5.87. The maximum Gasteiger partial charge on any atom is 0.0849 e. The average molecular weight is 160 g/mol. The summed E-state index contributed by atoms with van der Waals surface area (Å²) in [6, 6.07) is 10.2. The van der Waals surface area contributed by atoms with Gasteiger partial charge in [-0.15, -0.1) is 0 Å². The Morgan fingerprint density at radius 2 is 2.00 bits per heavy atom. The van der Waals surface area contributed by atoms with Crippen LogP contribution in [0.15, 0.2) is 42.6 Å². The summed E-state index contributed by atoms with van der Waals surface area (Å²) >= 11 is 0. The van der Waals surface area contributed by atoms with Crippen molar-refractivity contribution in [2.24, 2.45) is 5.73 Å². The Morgan fingerprint density at radius 1 is 1.25 bits per heavy atom. The summed E-state index contributed by atoms with van der Waals surface area (Å²) in [5, 5.41) is 0. The Balaban J connectivity index is 2.25. The number of nitrogens with two attached hydrogens (primary N) is 1. The van der Waals surface area contributed by atoms with Gasteiger partial charge in [-0.3, -0.25) is 0 Å². The summed E-state index contributed by atoms with van der Waals surface area (Å²) in [6.45, 7) is 0. The molecular weight excluding hydrogens is 148 g/mol. The van der Waals surface area contributed by atoms with Gasteiger partial charge >= 0.3 is 0 Å². The number of hydrogen-bond donors (Lipinski definition) is 1. The number of rotatable bonds is 1. The van der Waals surface area contributed by atoms with Gasteiger partial charge in [0.05, 0.1) is 6.17 Å². The number of anilines is 1. The molecule has 0 aromatic heterocycles. The predicted octanol–water partition coefficient (Wildman–Crippen LogP) is 1.70. The molecule has 0 spiro atoms. The molecule has 2 nitrogen and oxygen atoms in total. The molecule has 0 fully saturated rings. The molecule has 1 aliphatic rings. The summed E-state index contributed by atoms with van der Waals surface area (Å²) < 4.78 is 0. The summed E-state index contributed by atoms with van der Waals surface area (Å²) in [5.74, 6) is 0. The Labute approximate surface area is 72.3 Å². The zero-order valence-electron chi connectivity index (χ0n) is 6.85. The lowest BCUT2D eigenvalue weighted by molar-refractivity contribution is 0.723. The zero-order chi connectivity index (χ0) is 8.39. The molecule has 0 amide bonds. The summed E-state index contributed by atoms with van der Waals surface area (Å²) in [7, 11) is 0. The molecule has 0 bridgehead atoms. The smallest absolute Gasteiger partial charge is 0.0849 e. The number of para-hydroxylation sites is 1. The first-order valence-electron chi connectivity index (χ1n) is 4.13. The SMILES string of the molecule is NC1CC=CN1c1ccccc1. The van der Waals surface area contributed by atoms with Crippen molar-refractivity contribution in [1.82, 2.24) is 0 Å². The molecule has 2 heteroatoms. The molecular formula is C10H12N2. The molecule has 12 heavy (non-hydrogen) atoms. The van der Waals surface area contributed by atoms with E-state index in [-0.39, 0.29) is 6.17 Å². The van der Waals surface area contributed by atoms with Crippen LogP contribution in [0.5, 0.6) is 0 Å². The topological polar surface area (TPSA) is 29.3 Å². The third-order valence-corrected chi connectivity index (χ3v) is 2.06. The van der Waals surface area contributed by atoms with Gasteiger partial charge in [-0.05, 0) is 12.1 Å². The normalized spacial score (nSPS) is 21.8. The van der Waals surface area contributed by atoms with Crippen molar-refractivity contribution in [1.29, 1.82) is 0 Å². The fourth-order valence-corrected chi connectivity index (χ4v) is 1.42. The molecule has 0 aliphatic carbocycles. The van der Waals surface area contributed by atoms with Gasteiger partial charge in [0, 0.05) is 18.3 Å². The molecule has 1 aliphatic heterocycles. The first-order valence-corrected chi connectivity index (χ1v) is 4.13. The molecule has 1 heterocycles. The van der Waals surface area contributed by atoms with Crippen LogP contribution in [0.2, 0.25) is 0 Å². The highest BCUT2D eigenvalue weighted by molar-refractivity contribution is 5.51. The molecule has 1 atom stereocenters. The standard InChI is InChI=1S/C10H12N2/c11-10-7-4-8-12(10)9-5-2-1-3-6-9/h1-6,8,10H,7,11H2. The van der Waals surface area contributed by atoms with Crippen LogP contribution >= 0.6 is 0 Å². The molecule has 2 rings (SSSR count). The molecule has 0 radical (unpaired) electrons. The molecule has 1 aromatic rings. The van der Waals surface area contributed by atoms with Crippen molar-refractivity contribution in [3.8, 4) is 0 Å². The minimum atomic E-state index is 0.118. The van der Waals surface area contributed by atoms with Crippen molar-refractivity contribution >= 4 is 5.69 Å². The molecule has 1 aromatic carbocycles. The largest absolute Gasteiger partial charge is 0.332 e. The summed E-state index contributed by atoms with van der Waals surface area (Å²) in [6.07, 6.45) is 5.19. The van der Waals surface area contributed by atoms with Gasteiger partial charge in [0.1, 0.15) is 0 Å². The van der Waals surface area contributed by atoms with Crippen LogP contribution in [0.25, 0.3) is 0 Å². The van der Waals surface area contributed by atoms with Crippen molar-refractivity contribution in [2.45, 2.75) is 12.6 Å². The van der Waals surface area contributed by atoms with Crippen LogP contribution in [-0.4, -0.2) is 6.17 Å². The maximum absolute atomic E-state index is 5.87.